The number of amides is 1. The summed E-state index contributed by atoms with van der Waals surface area (Å²) >= 11 is 0. The Bertz CT molecular complexity index is 307. The fraction of sp³-hybridized carbons (Fsp3) is 0. The second-order valence-electron chi connectivity index (χ2n) is 2.00. The minimum absolute atomic E-state index is 0.0300. The summed E-state index contributed by atoms with van der Waals surface area (Å²) < 4.78 is 0. The molecule has 3 N–H and O–H groups in total. The van der Waals surface area contributed by atoms with Gasteiger partial charge in [0, 0.05) is 0 Å². The summed E-state index contributed by atoms with van der Waals surface area (Å²) in [5.74, 6) is -1.97. The molecule has 0 saturated heterocycles. The van der Waals surface area contributed by atoms with Gasteiger partial charge in [0.05, 0.1) is 11.8 Å². The van der Waals surface area contributed by atoms with Gasteiger partial charge < -0.3 is 10.8 Å². The van der Waals surface area contributed by atoms with Gasteiger partial charge in [-0.2, -0.15) is 5.10 Å². The van der Waals surface area contributed by atoms with Crippen LogP contribution in [0, 0.1) is 0 Å². The number of carbonyl (C=O) groups excluding carboxylic acids is 1. The van der Waals surface area contributed by atoms with Crippen molar-refractivity contribution in [3.63, 3.8) is 0 Å². The van der Waals surface area contributed by atoms with Gasteiger partial charge in [-0.1, -0.05) is 0 Å². The van der Waals surface area contributed by atoms with Crippen LogP contribution in [0.1, 0.15) is 20.8 Å². The summed E-state index contributed by atoms with van der Waals surface area (Å²) in [6.07, 6.45) is 1.11. The predicted octanol–water partition coefficient (Wildman–Crippen LogP) is -0.726. The first-order valence-electron chi connectivity index (χ1n) is 2.97. The first-order valence-corrected chi connectivity index (χ1v) is 2.97. The first-order chi connectivity index (χ1) is 5.61. The highest BCUT2D eigenvalue weighted by Crippen LogP contribution is 1.97. The van der Waals surface area contributed by atoms with Gasteiger partial charge in [0.15, 0.2) is 5.69 Å². The molecule has 0 aromatic carbocycles. The highest BCUT2D eigenvalue weighted by atomic mass is 16.4. The van der Waals surface area contributed by atoms with Crippen molar-refractivity contribution in [2.75, 3.05) is 0 Å². The molecule has 62 valence electrons. The maximum absolute atomic E-state index is 10.5. The van der Waals surface area contributed by atoms with Crippen molar-refractivity contribution in [3.8, 4) is 0 Å². The Labute approximate surface area is 67.0 Å². The normalized spacial score (nSPS) is 9.33. The number of nitrogens with zero attached hydrogens (tertiary/aromatic N) is 2. The third-order valence-corrected chi connectivity index (χ3v) is 1.16. The number of hydrogen-bond donors (Lipinski definition) is 2. The second-order valence-corrected chi connectivity index (χ2v) is 2.00. The minimum Gasteiger partial charge on any atom is -0.476 e. The molecule has 0 aliphatic carbocycles. The van der Waals surface area contributed by atoms with E-state index in [1.807, 2.05) is 0 Å². The fourth-order valence-corrected chi connectivity index (χ4v) is 0.606. The number of nitrogens with two attached hydrogens (primary N) is 1. The van der Waals surface area contributed by atoms with Gasteiger partial charge in [-0.3, -0.25) is 4.79 Å². The molecule has 0 aliphatic rings. The van der Waals surface area contributed by atoms with E-state index in [0.717, 1.165) is 12.3 Å². The van der Waals surface area contributed by atoms with Crippen molar-refractivity contribution in [2.24, 2.45) is 5.73 Å². The van der Waals surface area contributed by atoms with E-state index in [9.17, 15) is 9.59 Å². The Hall–Kier alpha value is -1.98. The Balaban J connectivity index is 3.12. The lowest BCUT2D eigenvalue weighted by Crippen LogP contribution is -2.13. The number of aromatic nitrogens is 2. The number of rotatable bonds is 2. The summed E-state index contributed by atoms with van der Waals surface area (Å²) in [5, 5.41) is 15.0. The molecule has 0 fully saturated rings. The van der Waals surface area contributed by atoms with Crippen LogP contribution in [0.4, 0.5) is 0 Å². The van der Waals surface area contributed by atoms with Crippen molar-refractivity contribution in [1.29, 1.82) is 0 Å². The van der Waals surface area contributed by atoms with Crippen molar-refractivity contribution >= 4 is 11.9 Å². The molecule has 1 heterocycles. The van der Waals surface area contributed by atoms with Crippen molar-refractivity contribution in [3.05, 3.63) is 23.5 Å². The number of carboxylic acid groups (broad SMARTS) is 1. The monoisotopic (exact) mass is 167 g/mol. The SMILES string of the molecule is NC(=O)c1cnnc(C(=O)O)c1. The van der Waals surface area contributed by atoms with Crippen LogP contribution in [0.5, 0.6) is 0 Å². The predicted molar refractivity (Wildman–Crippen MR) is 37.5 cm³/mol. The molecule has 0 bridgehead atoms. The first kappa shape index (κ1) is 8.12. The fourth-order valence-electron chi connectivity index (χ4n) is 0.606. The molecule has 1 aromatic heterocycles. The van der Waals surface area contributed by atoms with E-state index in [-0.39, 0.29) is 11.3 Å². The van der Waals surface area contributed by atoms with E-state index < -0.39 is 11.9 Å². The van der Waals surface area contributed by atoms with Gasteiger partial charge in [0.25, 0.3) is 0 Å². The third-order valence-electron chi connectivity index (χ3n) is 1.16. The van der Waals surface area contributed by atoms with E-state index in [1.54, 1.807) is 0 Å². The average molecular weight is 167 g/mol. The van der Waals surface area contributed by atoms with Crippen molar-refractivity contribution in [1.82, 2.24) is 10.2 Å². The van der Waals surface area contributed by atoms with Crippen LogP contribution < -0.4 is 5.73 Å². The van der Waals surface area contributed by atoms with Gasteiger partial charge >= 0.3 is 5.97 Å². The molecule has 0 atom stereocenters. The molecule has 6 nitrogen and oxygen atoms in total. The highest BCUT2D eigenvalue weighted by Gasteiger charge is 2.08. The summed E-state index contributed by atoms with van der Waals surface area (Å²) in [7, 11) is 0. The van der Waals surface area contributed by atoms with Crippen LogP contribution in [0.25, 0.3) is 0 Å². The van der Waals surface area contributed by atoms with E-state index in [2.05, 4.69) is 10.2 Å². The molecule has 0 aliphatic heterocycles. The van der Waals surface area contributed by atoms with E-state index in [0.29, 0.717) is 0 Å². The zero-order chi connectivity index (χ0) is 9.14. The molecule has 12 heavy (non-hydrogen) atoms. The number of carboxylic acids is 1. The molecule has 6 heteroatoms. The van der Waals surface area contributed by atoms with E-state index in [4.69, 9.17) is 10.8 Å². The standard InChI is InChI=1S/C6H5N3O3/c7-5(10)3-1-4(6(11)12)9-8-2-3/h1-2H,(H2,7,10)(H,11,12). The van der Waals surface area contributed by atoms with Crippen LogP contribution in [0.3, 0.4) is 0 Å². The Kier molecular flexibility index (Phi) is 2.00. The van der Waals surface area contributed by atoms with Gasteiger partial charge in [0.2, 0.25) is 5.91 Å². The molecule has 0 unspecified atom stereocenters. The van der Waals surface area contributed by atoms with Crippen LogP contribution in [-0.4, -0.2) is 27.2 Å². The van der Waals surface area contributed by atoms with Crippen LogP contribution in [0.15, 0.2) is 12.3 Å². The molecule has 1 rings (SSSR count). The van der Waals surface area contributed by atoms with Crippen LogP contribution in [0.2, 0.25) is 0 Å². The number of primary amides is 1. The van der Waals surface area contributed by atoms with E-state index in [1.165, 1.54) is 0 Å². The largest absolute Gasteiger partial charge is 0.476 e. The van der Waals surface area contributed by atoms with Gasteiger partial charge in [-0.25, -0.2) is 4.79 Å². The lowest BCUT2D eigenvalue weighted by molar-refractivity contribution is 0.0689. The molecule has 0 spiro atoms. The summed E-state index contributed by atoms with van der Waals surface area (Å²) in [6.45, 7) is 0. The summed E-state index contributed by atoms with van der Waals surface area (Å²) in [4.78, 5) is 20.9. The van der Waals surface area contributed by atoms with Gasteiger partial charge in [-0.15, -0.1) is 5.10 Å². The number of carbonyl (C=O) groups is 2. The summed E-state index contributed by atoms with van der Waals surface area (Å²) in [6, 6.07) is 1.07. The zero-order valence-corrected chi connectivity index (χ0v) is 5.89. The van der Waals surface area contributed by atoms with Crippen LogP contribution >= 0.6 is 0 Å². The van der Waals surface area contributed by atoms with Gasteiger partial charge in [0.1, 0.15) is 0 Å². The topological polar surface area (TPSA) is 106 Å². The average Bonchev–Trinajstić information content (AvgIpc) is 2.04. The van der Waals surface area contributed by atoms with Gasteiger partial charge in [-0.05, 0) is 6.07 Å². The summed E-state index contributed by atoms with van der Waals surface area (Å²) in [5.41, 5.74) is 4.61. The van der Waals surface area contributed by atoms with Crippen molar-refractivity contribution < 1.29 is 14.7 Å². The van der Waals surface area contributed by atoms with Crippen molar-refractivity contribution in [2.45, 2.75) is 0 Å². The molecule has 1 amide bonds. The third kappa shape index (κ3) is 1.54. The Morgan fingerprint density at radius 1 is 1.50 bits per heavy atom. The molecule has 0 saturated carbocycles. The minimum atomic E-state index is -1.24. The smallest absolute Gasteiger partial charge is 0.356 e. The lowest BCUT2D eigenvalue weighted by Gasteiger charge is -1.94. The van der Waals surface area contributed by atoms with Crippen LogP contribution in [-0.2, 0) is 0 Å². The number of aromatic carboxylic acids is 1. The van der Waals surface area contributed by atoms with E-state index >= 15 is 0 Å². The second kappa shape index (κ2) is 2.95. The molecular weight excluding hydrogens is 162 g/mol. The maximum Gasteiger partial charge on any atom is 0.356 e. The maximum atomic E-state index is 10.5. The highest BCUT2D eigenvalue weighted by molar-refractivity contribution is 5.95. The Morgan fingerprint density at radius 2 is 2.17 bits per heavy atom. The quantitative estimate of drug-likeness (QED) is 0.604. The molecule has 0 radical (unpaired) electrons. The lowest BCUT2D eigenvalue weighted by atomic mass is 10.2. The Morgan fingerprint density at radius 3 is 2.67 bits per heavy atom. The molecular formula is C6H5N3O3. The number of hydrogen-bond acceptors (Lipinski definition) is 4. The molecule has 1 aromatic rings. The zero-order valence-electron chi connectivity index (χ0n) is 5.89.